The van der Waals surface area contributed by atoms with Crippen molar-refractivity contribution in [1.82, 2.24) is 5.32 Å². The molecule has 0 fully saturated rings. The Morgan fingerprint density at radius 3 is 2.41 bits per heavy atom. The van der Waals surface area contributed by atoms with Crippen molar-refractivity contribution in [2.45, 2.75) is 26.3 Å². The van der Waals surface area contributed by atoms with Gasteiger partial charge in [-0.1, -0.05) is 19.1 Å². The van der Waals surface area contributed by atoms with Crippen LogP contribution < -0.4 is 5.32 Å². The van der Waals surface area contributed by atoms with Crippen molar-refractivity contribution in [3.63, 3.8) is 0 Å². The van der Waals surface area contributed by atoms with Crippen molar-refractivity contribution < 1.29 is 14.6 Å². The Morgan fingerprint density at radius 1 is 1.35 bits per heavy atom. The molecule has 2 N–H and O–H groups in total. The lowest BCUT2D eigenvalue weighted by atomic mass is 9.92. The molecule has 0 spiro atoms. The number of ether oxygens (including phenoxy) is 1. The molecule has 1 atom stereocenters. The Morgan fingerprint density at radius 2 is 1.94 bits per heavy atom. The Hall–Kier alpha value is -1.55. The van der Waals surface area contributed by atoms with Crippen molar-refractivity contribution in [2.24, 2.45) is 0 Å². The number of carbonyl (C=O) groups excluding carboxylic acids is 1. The molecule has 17 heavy (non-hydrogen) atoms. The number of phenols is 1. The van der Waals surface area contributed by atoms with E-state index in [1.54, 1.807) is 38.1 Å². The summed E-state index contributed by atoms with van der Waals surface area (Å²) in [7, 11) is 0. The zero-order valence-corrected chi connectivity index (χ0v) is 10.5. The highest BCUT2D eigenvalue weighted by Crippen LogP contribution is 2.24. The molecule has 0 aromatic heterocycles. The molecule has 0 heterocycles. The Kier molecular flexibility index (Phi) is 4.52. The van der Waals surface area contributed by atoms with Crippen LogP contribution in [0.2, 0.25) is 0 Å². The maximum absolute atomic E-state index is 12.0. The summed E-state index contributed by atoms with van der Waals surface area (Å²) < 4.78 is 5.08. The topological polar surface area (TPSA) is 58.6 Å². The van der Waals surface area contributed by atoms with Crippen LogP contribution >= 0.6 is 0 Å². The fraction of sp³-hybridized carbons (Fsp3) is 0.462. The normalized spacial score (nSPS) is 14.1. The lowest BCUT2D eigenvalue weighted by molar-refractivity contribution is -0.151. The number of esters is 1. The van der Waals surface area contributed by atoms with Crippen LogP contribution in [0, 0.1) is 0 Å². The minimum atomic E-state index is -0.877. The number of nitrogens with one attached hydrogen (secondary N) is 1. The Bertz CT molecular complexity index is 375. The smallest absolute Gasteiger partial charge is 0.330 e. The molecule has 94 valence electrons. The summed E-state index contributed by atoms with van der Waals surface area (Å²) >= 11 is 0. The first kappa shape index (κ1) is 13.5. The number of hydrogen-bond acceptors (Lipinski definition) is 4. The quantitative estimate of drug-likeness (QED) is 0.766. The third-order valence-corrected chi connectivity index (χ3v) is 2.66. The second-order valence-electron chi connectivity index (χ2n) is 3.92. The molecule has 1 aromatic rings. The zero-order chi connectivity index (χ0) is 12.9. The van der Waals surface area contributed by atoms with Crippen LogP contribution in [0.1, 0.15) is 26.3 Å². The highest BCUT2D eigenvalue weighted by atomic mass is 16.5. The lowest BCUT2D eigenvalue weighted by Gasteiger charge is -2.28. The third-order valence-electron chi connectivity index (χ3n) is 2.66. The number of carbonyl (C=O) groups is 1. The van der Waals surface area contributed by atoms with Crippen LogP contribution in [0.3, 0.4) is 0 Å². The van der Waals surface area contributed by atoms with Gasteiger partial charge in [0, 0.05) is 0 Å². The highest BCUT2D eigenvalue weighted by Gasteiger charge is 2.35. The van der Waals surface area contributed by atoms with E-state index in [1.807, 2.05) is 6.92 Å². The van der Waals surface area contributed by atoms with E-state index in [0.29, 0.717) is 13.2 Å². The van der Waals surface area contributed by atoms with Crippen LogP contribution in [-0.4, -0.2) is 24.2 Å². The van der Waals surface area contributed by atoms with Crippen molar-refractivity contribution in [3.8, 4) is 5.75 Å². The molecule has 0 radical (unpaired) electrons. The van der Waals surface area contributed by atoms with Gasteiger partial charge in [-0.2, -0.15) is 0 Å². The molecule has 0 amide bonds. The van der Waals surface area contributed by atoms with Gasteiger partial charge in [0.1, 0.15) is 11.3 Å². The van der Waals surface area contributed by atoms with Crippen LogP contribution in [0.25, 0.3) is 0 Å². The fourth-order valence-electron chi connectivity index (χ4n) is 1.72. The molecule has 1 unspecified atom stereocenters. The van der Waals surface area contributed by atoms with Gasteiger partial charge in [0.25, 0.3) is 0 Å². The fourth-order valence-corrected chi connectivity index (χ4v) is 1.72. The molecule has 0 aliphatic carbocycles. The monoisotopic (exact) mass is 237 g/mol. The average Bonchev–Trinajstić information content (AvgIpc) is 2.30. The van der Waals surface area contributed by atoms with E-state index in [-0.39, 0.29) is 11.7 Å². The highest BCUT2D eigenvalue weighted by molar-refractivity contribution is 5.82. The van der Waals surface area contributed by atoms with Crippen molar-refractivity contribution in [3.05, 3.63) is 29.8 Å². The van der Waals surface area contributed by atoms with Gasteiger partial charge in [0.05, 0.1) is 6.61 Å². The van der Waals surface area contributed by atoms with E-state index in [9.17, 15) is 9.90 Å². The Labute approximate surface area is 102 Å². The molecular formula is C13H19NO3. The van der Waals surface area contributed by atoms with Gasteiger partial charge >= 0.3 is 5.97 Å². The first-order valence-electron chi connectivity index (χ1n) is 5.76. The largest absolute Gasteiger partial charge is 0.508 e. The molecule has 0 aliphatic rings. The minimum Gasteiger partial charge on any atom is -0.508 e. The molecule has 0 aliphatic heterocycles. The molecule has 0 saturated heterocycles. The molecular weight excluding hydrogens is 218 g/mol. The summed E-state index contributed by atoms with van der Waals surface area (Å²) in [4.78, 5) is 12.0. The van der Waals surface area contributed by atoms with E-state index >= 15 is 0 Å². The predicted molar refractivity (Wildman–Crippen MR) is 65.8 cm³/mol. The summed E-state index contributed by atoms with van der Waals surface area (Å²) in [6.45, 7) is 6.48. The molecule has 0 saturated carbocycles. The van der Waals surface area contributed by atoms with Crippen LogP contribution in [0.5, 0.6) is 5.75 Å². The van der Waals surface area contributed by atoms with Crippen molar-refractivity contribution >= 4 is 5.97 Å². The second kappa shape index (κ2) is 5.68. The van der Waals surface area contributed by atoms with Crippen molar-refractivity contribution in [2.75, 3.05) is 13.2 Å². The second-order valence-corrected chi connectivity index (χ2v) is 3.92. The Balaban J connectivity index is 3.06. The first-order valence-corrected chi connectivity index (χ1v) is 5.76. The van der Waals surface area contributed by atoms with Gasteiger partial charge in [-0.25, -0.2) is 4.79 Å². The van der Waals surface area contributed by atoms with E-state index in [2.05, 4.69) is 5.32 Å². The number of benzene rings is 1. The van der Waals surface area contributed by atoms with Crippen molar-refractivity contribution in [1.29, 1.82) is 0 Å². The number of likely N-dealkylation sites (N-methyl/N-ethyl adjacent to an activating group) is 1. The summed E-state index contributed by atoms with van der Waals surface area (Å²) in [6.07, 6.45) is 0. The van der Waals surface area contributed by atoms with E-state index < -0.39 is 5.54 Å². The molecule has 1 rings (SSSR count). The standard InChI is InChI=1S/C13H19NO3/c1-4-14-13(3,12(16)17-5-2)10-6-8-11(15)9-7-10/h6-9,14-15H,4-5H2,1-3H3. The summed E-state index contributed by atoms with van der Waals surface area (Å²) in [5.74, 6) is -0.135. The maximum atomic E-state index is 12.0. The number of hydrogen-bond donors (Lipinski definition) is 2. The molecule has 4 heteroatoms. The third kappa shape index (κ3) is 2.97. The van der Waals surface area contributed by atoms with Crippen LogP contribution in [0.4, 0.5) is 0 Å². The van der Waals surface area contributed by atoms with Gasteiger partial charge < -0.3 is 9.84 Å². The zero-order valence-electron chi connectivity index (χ0n) is 10.5. The van der Waals surface area contributed by atoms with Gasteiger partial charge in [0.2, 0.25) is 0 Å². The predicted octanol–water partition coefficient (Wildman–Crippen LogP) is 1.78. The number of aromatic hydroxyl groups is 1. The first-order chi connectivity index (χ1) is 8.04. The number of rotatable bonds is 5. The van der Waals surface area contributed by atoms with Crippen LogP contribution in [0.15, 0.2) is 24.3 Å². The minimum absolute atomic E-state index is 0.177. The van der Waals surface area contributed by atoms with Crippen LogP contribution in [-0.2, 0) is 15.1 Å². The maximum Gasteiger partial charge on any atom is 0.330 e. The SMILES string of the molecule is CCNC(C)(C(=O)OCC)c1ccc(O)cc1. The lowest BCUT2D eigenvalue weighted by Crippen LogP contribution is -2.47. The average molecular weight is 237 g/mol. The summed E-state index contributed by atoms with van der Waals surface area (Å²) in [5.41, 5.74) is -0.103. The van der Waals surface area contributed by atoms with Gasteiger partial charge in [-0.3, -0.25) is 5.32 Å². The molecule has 0 bridgehead atoms. The van der Waals surface area contributed by atoms with Gasteiger partial charge in [0.15, 0.2) is 0 Å². The summed E-state index contributed by atoms with van der Waals surface area (Å²) in [5, 5.41) is 12.4. The van der Waals surface area contributed by atoms with Gasteiger partial charge in [-0.05, 0) is 38.1 Å². The molecule has 1 aromatic carbocycles. The van der Waals surface area contributed by atoms with Gasteiger partial charge in [-0.15, -0.1) is 0 Å². The number of phenolic OH excluding ortho intramolecular Hbond substituents is 1. The van der Waals surface area contributed by atoms with E-state index in [1.165, 1.54) is 0 Å². The van der Waals surface area contributed by atoms with E-state index in [4.69, 9.17) is 4.74 Å². The molecule has 4 nitrogen and oxygen atoms in total. The van der Waals surface area contributed by atoms with E-state index in [0.717, 1.165) is 5.56 Å². The summed E-state index contributed by atoms with van der Waals surface area (Å²) in [6, 6.07) is 6.55.